The topological polar surface area (TPSA) is 54.0 Å². The standard InChI is InChI=1S/C26H34O5S/c1-6-7-8-9-10-23(27)31-21-14-11-17-15-22(28-2)25(29-3)26(30-4)24(17)19-13-12-18(32-5)16-20(19)21/h12-13,15-16,21H,6-11,14H2,1-5H3/t21-/m1/s1. The second kappa shape index (κ2) is 11.5. The summed E-state index contributed by atoms with van der Waals surface area (Å²) in [4.78, 5) is 13.8. The van der Waals surface area contributed by atoms with Gasteiger partial charge in [0, 0.05) is 22.4 Å². The first kappa shape index (κ1) is 24.3. The predicted molar refractivity (Wildman–Crippen MR) is 129 cm³/mol. The van der Waals surface area contributed by atoms with Crippen molar-refractivity contribution in [1.29, 1.82) is 0 Å². The molecule has 3 rings (SSSR count). The van der Waals surface area contributed by atoms with Crippen molar-refractivity contribution < 1.29 is 23.7 Å². The van der Waals surface area contributed by atoms with E-state index in [0.717, 1.165) is 59.3 Å². The van der Waals surface area contributed by atoms with E-state index in [9.17, 15) is 4.79 Å². The van der Waals surface area contributed by atoms with Gasteiger partial charge in [-0.25, -0.2) is 0 Å². The fourth-order valence-electron chi connectivity index (χ4n) is 4.34. The van der Waals surface area contributed by atoms with Crippen LogP contribution in [0.5, 0.6) is 17.2 Å². The van der Waals surface area contributed by atoms with Crippen LogP contribution in [-0.2, 0) is 16.0 Å². The number of carbonyl (C=O) groups excluding carboxylic acids is 1. The van der Waals surface area contributed by atoms with Crippen LogP contribution >= 0.6 is 11.8 Å². The van der Waals surface area contributed by atoms with E-state index in [1.165, 1.54) is 0 Å². The average Bonchev–Trinajstić information content (AvgIpc) is 2.97. The minimum Gasteiger partial charge on any atom is -0.493 e. The molecule has 0 aliphatic heterocycles. The largest absolute Gasteiger partial charge is 0.493 e. The number of methoxy groups -OCH3 is 3. The first-order chi connectivity index (χ1) is 15.6. The molecule has 2 aromatic carbocycles. The smallest absolute Gasteiger partial charge is 0.306 e. The normalized spacial score (nSPS) is 14.7. The van der Waals surface area contributed by atoms with Crippen LogP contribution in [0.1, 0.15) is 62.7 Å². The summed E-state index contributed by atoms with van der Waals surface area (Å²) >= 11 is 1.68. The molecular weight excluding hydrogens is 424 g/mol. The van der Waals surface area contributed by atoms with Crippen LogP contribution < -0.4 is 14.2 Å². The lowest BCUT2D eigenvalue weighted by molar-refractivity contribution is -0.149. The maximum absolute atomic E-state index is 12.7. The number of hydrogen-bond donors (Lipinski definition) is 0. The maximum Gasteiger partial charge on any atom is 0.306 e. The van der Waals surface area contributed by atoms with E-state index in [-0.39, 0.29) is 12.1 Å². The lowest BCUT2D eigenvalue weighted by Crippen LogP contribution is -2.12. The molecule has 5 nitrogen and oxygen atoms in total. The Hall–Kier alpha value is -2.34. The Kier molecular flexibility index (Phi) is 8.74. The molecule has 0 fully saturated rings. The Bertz CT molecular complexity index is 940. The molecule has 0 spiro atoms. The zero-order valence-corrected chi connectivity index (χ0v) is 20.6. The molecule has 0 unspecified atom stereocenters. The van der Waals surface area contributed by atoms with Gasteiger partial charge in [-0.15, -0.1) is 11.8 Å². The summed E-state index contributed by atoms with van der Waals surface area (Å²) < 4.78 is 23.1. The van der Waals surface area contributed by atoms with Crippen LogP contribution in [-0.4, -0.2) is 33.6 Å². The summed E-state index contributed by atoms with van der Waals surface area (Å²) in [5, 5.41) is 0. The van der Waals surface area contributed by atoms with E-state index in [4.69, 9.17) is 18.9 Å². The summed E-state index contributed by atoms with van der Waals surface area (Å²) in [6, 6.07) is 8.35. The van der Waals surface area contributed by atoms with E-state index < -0.39 is 0 Å². The van der Waals surface area contributed by atoms with Crippen molar-refractivity contribution in [3.05, 3.63) is 35.4 Å². The van der Waals surface area contributed by atoms with Gasteiger partial charge in [-0.05, 0) is 54.8 Å². The molecular formula is C26H34O5S. The average molecular weight is 459 g/mol. The van der Waals surface area contributed by atoms with E-state index >= 15 is 0 Å². The van der Waals surface area contributed by atoms with Crippen molar-refractivity contribution >= 4 is 17.7 Å². The third-order valence-corrected chi connectivity index (χ3v) is 6.70. The van der Waals surface area contributed by atoms with Gasteiger partial charge in [0.1, 0.15) is 6.10 Å². The first-order valence-corrected chi connectivity index (χ1v) is 12.5. The van der Waals surface area contributed by atoms with Crippen LogP contribution in [0.25, 0.3) is 11.1 Å². The molecule has 1 atom stereocenters. The van der Waals surface area contributed by atoms with Crippen LogP contribution in [0.4, 0.5) is 0 Å². The Balaban J connectivity index is 2.04. The van der Waals surface area contributed by atoms with E-state index in [1.54, 1.807) is 33.1 Å². The number of aryl methyl sites for hydroxylation is 1. The van der Waals surface area contributed by atoms with Gasteiger partial charge in [-0.3, -0.25) is 4.79 Å². The Labute approximate surface area is 195 Å². The van der Waals surface area contributed by atoms with Gasteiger partial charge in [-0.2, -0.15) is 0 Å². The van der Waals surface area contributed by atoms with E-state index in [0.29, 0.717) is 30.1 Å². The summed E-state index contributed by atoms with van der Waals surface area (Å²) in [5.41, 5.74) is 4.10. The highest BCUT2D eigenvalue weighted by molar-refractivity contribution is 7.98. The first-order valence-electron chi connectivity index (χ1n) is 11.3. The molecule has 2 aromatic rings. The number of unbranched alkanes of at least 4 members (excludes halogenated alkanes) is 3. The molecule has 0 radical (unpaired) electrons. The molecule has 1 aliphatic rings. The molecule has 6 heteroatoms. The number of thioether (sulfide) groups is 1. The van der Waals surface area contributed by atoms with Crippen molar-refractivity contribution in [2.45, 2.75) is 62.9 Å². The Morgan fingerprint density at radius 3 is 2.47 bits per heavy atom. The molecule has 0 N–H and O–H groups in total. The molecule has 174 valence electrons. The molecule has 0 heterocycles. The highest BCUT2D eigenvalue weighted by atomic mass is 32.2. The van der Waals surface area contributed by atoms with Crippen LogP contribution in [0.15, 0.2) is 29.2 Å². The van der Waals surface area contributed by atoms with Gasteiger partial charge < -0.3 is 18.9 Å². The number of rotatable bonds is 10. The second-order valence-electron chi connectivity index (χ2n) is 7.96. The van der Waals surface area contributed by atoms with Crippen molar-refractivity contribution in [3.63, 3.8) is 0 Å². The van der Waals surface area contributed by atoms with E-state index in [2.05, 4.69) is 31.4 Å². The molecule has 0 saturated heterocycles. The highest BCUT2D eigenvalue weighted by Gasteiger charge is 2.30. The zero-order chi connectivity index (χ0) is 23.1. The molecule has 0 bridgehead atoms. The molecule has 0 saturated carbocycles. The SMILES string of the molecule is CCCCCCC(=O)O[C@@H]1CCc2cc(OC)c(OC)c(OC)c2-c2ccc(SC)cc21. The van der Waals surface area contributed by atoms with Crippen LogP contribution in [0.3, 0.4) is 0 Å². The third-order valence-electron chi connectivity index (χ3n) is 5.97. The quantitative estimate of drug-likeness (QED) is 0.227. The number of benzene rings is 2. The summed E-state index contributed by atoms with van der Waals surface area (Å²) in [6.07, 6.45) is 7.89. The fourth-order valence-corrected chi connectivity index (χ4v) is 4.79. The van der Waals surface area contributed by atoms with Crippen molar-refractivity contribution in [1.82, 2.24) is 0 Å². The second-order valence-corrected chi connectivity index (χ2v) is 8.84. The van der Waals surface area contributed by atoms with E-state index in [1.807, 2.05) is 6.07 Å². The highest BCUT2D eigenvalue weighted by Crippen LogP contribution is 2.51. The molecule has 0 aromatic heterocycles. The number of ether oxygens (including phenoxy) is 4. The number of carbonyl (C=O) groups is 1. The number of fused-ring (bicyclic) bond motifs is 3. The third kappa shape index (κ3) is 5.17. The lowest BCUT2D eigenvalue weighted by atomic mass is 9.94. The monoisotopic (exact) mass is 458 g/mol. The van der Waals surface area contributed by atoms with Gasteiger partial charge in [0.25, 0.3) is 0 Å². The number of hydrogen-bond acceptors (Lipinski definition) is 6. The van der Waals surface area contributed by atoms with Crippen LogP contribution in [0.2, 0.25) is 0 Å². The van der Waals surface area contributed by atoms with Gasteiger partial charge >= 0.3 is 5.97 Å². The van der Waals surface area contributed by atoms with Crippen molar-refractivity contribution in [3.8, 4) is 28.4 Å². The fraction of sp³-hybridized carbons (Fsp3) is 0.500. The van der Waals surface area contributed by atoms with Gasteiger partial charge in [0.2, 0.25) is 5.75 Å². The Morgan fingerprint density at radius 1 is 1.03 bits per heavy atom. The van der Waals surface area contributed by atoms with Gasteiger partial charge in [0.15, 0.2) is 11.5 Å². The predicted octanol–water partition coefficient (Wildman–Crippen LogP) is 6.60. The van der Waals surface area contributed by atoms with Gasteiger partial charge in [-0.1, -0.05) is 32.3 Å². The molecule has 32 heavy (non-hydrogen) atoms. The van der Waals surface area contributed by atoms with Crippen molar-refractivity contribution in [2.75, 3.05) is 27.6 Å². The zero-order valence-electron chi connectivity index (χ0n) is 19.8. The molecule has 0 amide bonds. The minimum absolute atomic E-state index is 0.125. The minimum atomic E-state index is -0.301. The summed E-state index contributed by atoms with van der Waals surface area (Å²) in [7, 11) is 4.89. The summed E-state index contributed by atoms with van der Waals surface area (Å²) in [6.45, 7) is 2.17. The van der Waals surface area contributed by atoms with Crippen molar-refractivity contribution in [2.24, 2.45) is 0 Å². The summed E-state index contributed by atoms with van der Waals surface area (Å²) in [5.74, 6) is 1.72. The Morgan fingerprint density at radius 2 is 1.81 bits per heavy atom. The molecule has 1 aliphatic carbocycles. The van der Waals surface area contributed by atoms with Crippen LogP contribution in [0, 0.1) is 0 Å². The number of esters is 1. The maximum atomic E-state index is 12.7. The lowest BCUT2D eigenvalue weighted by Gasteiger charge is -2.21. The van der Waals surface area contributed by atoms with Gasteiger partial charge in [0.05, 0.1) is 21.3 Å².